The normalized spacial score (nSPS) is 11.6. The number of nitrogens with zero attached hydrogens (tertiary/aromatic N) is 2. The lowest BCUT2D eigenvalue weighted by molar-refractivity contribution is 0.0529. The Morgan fingerprint density at radius 2 is 1.93 bits per heavy atom. The molecule has 0 radical (unpaired) electrons. The third kappa shape index (κ3) is 4.25. The van der Waals surface area contributed by atoms with Gasteiger partial charge in [0.1, 0.15) is 17.2 Å². The van der Waals surface area contributed by atoms with E-state index in [0.717, 1.165) is 5.75 Å². The molecule has 3 rings (SSSR count). The quantitative estimate of drug-likeness (QED) is 0.585. The second-order valence-electron chi connectivity index (χ2n) is 7.42. The minimum absolute atomic E-state index is 0.0874. The summed E-state index contributed by atoms with van der Waals surface area (Å²) in [6, 6.07) is 7.96. The highest BCUT2D eigenvalue weighted by Crippen LogP contribution is 2.24. The van der Waals surface area contributed by atoms with Gasteiger partial charge in [-0.15, -0.1) is 11.3 Å². The van der Waals surface area contributed by atoms with Crippen molar-refractivity contribution in [2.75, 3.05) is 13.2 Å². The average Bonchev–Trinajstić information content (AvgIpc) is 3.08. The smallest absolute Gasteiger partial charge is 0.339 e. The third-order valence-electron chi connectivity index (χ3n) is 4.38. The van der Waals surface area contributed by atoms with Crippen LogP contribution in [-0.4, -0.2) is 28.7 Å². The third-order valence-corrected chi connectivity index (χ3v) is 5.26. The lowest BCUT2D eigenvalue weighted by Crippen LogP contribution is -2.24. The molecule has 0 saturated heterocycles. The van der Waals surface area contributed by atoms with E-state index in [1.807, 2.05) is 24.3 Å². The minimum Gasteiger partial charge on any atom is -0.492 e. The summed E-state index contributed by atoms with van der Waals surface area (Å²) in [5.41, 5.74) is 1.33. The number of aromatic nitrogens is 2. The van der Waals surface area contributed by atoms with Crippen molar-refractivity contribution in [2.24, 2.45) is 0 Å². The van der Waals surface area contributed by atoms with Crippen molar-refractivity contribution < 1.29 is 14.3 Å². The average molecular weight is 401 g/mol. The fraction of sp³-hybridized carbons (Fsp3) is 0.381. The number of benzene rings is 1. The molecule has 0 saturated carbocycles. The summed E-state index contributed by atoms with van der Waals surface area (Å²) in [5.74, 6) is 0.249. The van der Waals surface area contributed by atoms with Crippen LogP contribution in [0, 0.1) is 0 Å². The second kappa shape index (κ2) is 8.14. The Bertz CT molecular complexity index is 1030. The first-order valence-electron chi connectivity index (χ1n) is 9.18. The van der Waals surface area contributed by atoms with Crippen molar-refractivity contribution in [2.45, 2.75) is 39.7 Å². The zero-order valence-electron chi connectivity index (χ0n) is 16.5. The van der Waals surface area contributed by atoms with Crippen LogP contribution in [0.3, 0.4) is 0 Å². The van der Waals surface area contributed by atoms with Crippen molar-refractivity contribution >= 4 is 27.5 Å². The molecule has 6 nitrogen and oxygen atoms in total. The van der Waals surface area contributed by atoms with Gasteiger partial charge in [0.25, 0.3) is 5.56 Å². The number of rotatable bonds is 6. The number of thiophene rings is 1. The Morgan fingerprint density at radius 3 is 2.57 bits per heavy atom. The summed E-state index contributed by atoms with van der Waals surface area (Å²) in [4.78, 5) is 29.7. The van der Waals surface area contributed by atoms with E-state index in [9.17, 15) is 9.59 Å². The van der Waals surface area contributed by atoms with Crippen LogP contribution >= 0.6 is 11.3 Å². The number of carbonyl (C=O) groups excluding carboxylic acids is 1. The molecule has 0 amide bonds. The van der Waals surface area contributed by atoms with Crippen LogP contribution in [0.15, 0.2) is 40.8 Å². The van der Waals surface area contributed by atoms with E-state index in [1.54, 1.807) is 12.3 Å². The summed E-state index contributed by atoms with van der Waals surface area (Å²) in [7, 11) is 0. The molecule has 3 aromatic rings. The molecule has 0 N–H and O–H groups in total. The number of carbonyl (C=O) groups is 1. The van der Waals surface area contributed by atoms with E-state index in [-0.39, 0.29) is 23.1 Å². The minimum atomic E-state index is -0.499. The van der Waals surface area contributed by atoms with Crippen molar-refractivity contribution in [1.82, 2.24) is 9.55 Å². The van der Waals surface area contributed by atoms with E-state index >= 15 is 0 Å². The van der Waals surface area contributed by atoms with Crippen molar-refractivity contribution in [1.29, 1.82) is 0 Å². The van der Waals surface area contributed by atoms with Gasteiger partial charge in [0.2, 0.25) is 0 Å². The molecule has 0 fully saturated rings. The van der Waals surface area contributed by atoms with Gasteiger partial charge in [0, 0.05) is 5.38 Å². The predicted octanol–water partition coefficient (Wildman–Crippen LogP) is 4.01. The predicted molar refractivity (Wildman–Crippen MR) is 110 cm³/mol. The van der Waals surface area contributed by atoms with Crippen LogP contribution in [-0.2, 0) is 16.7 Å². The molecular formula is C21H24N2O4S. The zero-order chi connectivity index (χ0) is 20.3. The molecule has 0 bridgehead atoms. The van der Waals surface area contributed by atoms with Crippen LogP contribution in [0.25, 0.3) is 10.2 Å². The van der Waals surface area contributed by atoms with Gasteiger partial charge >= 0.3 is 5.97 Å². The molecule has 28 heavy (non-hydrogen) atoms. The van der Waals surface area contributed by atoms with E-state index in [2.05, 4.69) is 25.8 Å². The van der Waals surface area contributed by atoms with Crippen LogP contribution in [0.1, 0.15) is 43.6 Å². The van der Waals surface area contributed by atoms with Crippen molar-refractivity contribution in [3.63, 3.8) is 0 Å². The largest absolute Gasteiger partial charge is 0.492 e. The molecule has 148 valence electrons. The first-order valence-corrected chi connectivity index (χ1v) is 10.1. The van der Waals surface area contributed by atoms with Gasteiger partial charge in [0.05, 0.1) is 30.4 Å². The van der Waals surface area contributed by atoms with Crippen LogP contribution < -0.4 is 10.3 Å². The number of esters is 1. The lowest BCUT2D eigenvalue weighted by atomic mass is 9.87. The van der Waals surface area contributed by atoms with E-state index < -0.39 is 5.97 Å². The van der Waals surface area contributed by atoms with Gasteiger partial charge in [-0.1, -0.05) is 32.9 Å². The fourth-order valence-electron chi connectivity index (χ4n) is 2.80. The van der Waals surface area contributed by atoms with Gasteiger partial charge in [0.15, 0.2) is 0 Å². The SMILES string of the molecule is CCOC(=O)c1csc2ncn(CCOc3ccc(C(C)(C)C)cc3)c(=O)c12. The van der Waals surface area contributed by atoms with Crippen molar-refractivity contribution in [3.8, 4) is 5.75 Å². The lowest BCUT2D eigenvalue weighted by Gasteiger charge is -2.19. The molecule has 0 unspecified atom stereocenters. The Labute approximate surface area is 167 Å². The molecule has 0 aliphatic carbocycles. The van der Waals surface area contributed by atoms with Gasteiger partial charge in [-0.25, -0.2) is 9.78 Å². The van der Waals surface area contributed by atoms with E-state index in [4.69, 9.17) is 9.47 Å². The van der Waals surface area contributed by atoms with E-state index in [1.165, 1.54) is 27.8 Å². The summed E-state index contributed by atoms with van der Waals surface area (Å²) < 4.78 is 12.3. The zero-order valence-corrected chi connectivity index (χ0v) is 17.3. The standard InChI is InChI=1S/C21H24N2O4S/c1-5-26-20(25)16-12-28-18-17(16)19(24)23(13-22-18)10-11-27-15-8-6-14(7-9-15)21(2,3)4/h6-9,12-13H,5,10-11H2,1-4H3. The number of hydrogen-bond donors (Lipinski definition) is 0. The Balaban J connectivity index is 1.72. The van der Waals surface area contributed by atoms with Gasteiger partial charge < -0.3 is 9.47 Å². The number of hydrogen-bond acceptors (Lipinski definition) is 6. The highest BCUT2D eigenvalue weighted by molar-refractivity contribution is 7.17. The molecule has 0 atom stereocenters. The van der Waals surface area contributed by atoms with Crippen LogP contribution in [0.4, 0.5) is 0 Å². The number of fused-ring (bicyclic) bond motifs is 1. The summed E-state index contributed by atoms with van der Waals surface area (Å²) in [6.45, 7) is 9.12. The monoisotopic (exact) mass is 400 g/mol. The Morgan fingerprint density at radius 1 is 1.21 bits per heavy atom. The molecule has 0 spiro atoms. The molecule has 0 aliphatic rings. The van der Waals surface area contributed by atoms with E-state index in [0.29, 0.717) is 23.4 Å². The first-order chi connectivity index (χ1) is 13.3. The maximum absolute atomic E-state index is 12.8. The molecular weight excluding hydrogens is 376 g/mol. The molecule has 7 heteroatoms. The highest BCUT2D eigenvalue weighted by atomic mass is 32.1. The van der Waals surface area contributed by atoms with Gasteiger partial charge in [-0.3, -0.25) is 9.36 Å². The molecule has 1 aromatic carbocycles. The summed E-state index contributed by atoms with van der Waals surface area (Å²) >= 11 is 1.26. The van der Waals surface area contributed by atoms with Crippen LogP contribution in [0.5, 0.6) is 5.75 Å². The fourth-order valence-corrected chi connectivity index (χ4v) is 3.67. The second-order valence-corrected chi connectivity index (χ2v) is 8.27. The molecule has 2 heterocycles. The topological polar surface area (TPSA) is 70.4 Å². The highest BCUT2D eigenvalue weighted by Gasteiger charge is 2.18. The number of ether oxygens (including phenoxy) is 2. The molecule has 0 aliphatic heterocycles. The summed E-state index contributed by atoms with van der Waals surface area (Å²) in [6.07, 6.45) is 1.49. The van der Waals surface area contributed by atoms with Gasteiger partial charge in [-0.2, -0.15) is 0 Å². The Hall–Kier alpha value is -2.67. The van der Waals surface area contributed by atoms with Crippen LogP contribution in [0.2, 0.25) is 0 Å². The first kappa shape index (κ1) is 20.1. The maximum atomic E-state index is 12.8. The van der Waals surface area contributed by atoms with Crippen molar-refractivity contribution in [3.05, 3.63) is 57.5 Å². The molecule has 2 aromatic heterocycles. The Kier molecular flexibility index (Phi) is 5.84. The summed E-state index contributed by atoms with van der Waals surface area (Å²) in [5, 5.41) is 1.93. The van der Waals surface area contributed by atoms with Gasteiger partial charge in [-0.05, 0) is 30.0 Å². The maximum Gasteiger partial charge on any atom is 0.339 e.